The van der Waals surface area contributed by atoms with Crippen molar-refractivity contribution in [3.63, 3.8) is 0 Å². The number of unbranched alkanes of at least 4 members (excludes halogenated alkanes) is 1. The topological polar surface area (TPSA) is 67.4 Å². The molecule has 25 heavy (non-hydrogen) atoms. The van der Waals surface area contributed by atoms with Crippen molar-refractivity contribution in [2.24, 2.45) is 5.92 Å². The fourth-order valence-electron chi connectivity index (χ4n) is 2.39. The highest BCUT2D eigenvalue weighted by Crippen LogP contribution is 2.09. The zero-order chi connectivity index (χ0) is 18.9. The molecule has 1 aromatic rings. The number of nitrogens with one attached hydrogen (secondary N) is 2. The van der Waals surface area contributed by atoms with E-state index in [1.54, 1.807) is 20.8 Å². The minimum atomic E-state index is -0.594. The molecular formula is C20H32N2O3. The highest BCUT2D eigenvalue weighted by molar-refractivity contribution is 5.85. The SMILES string of the molecule is CC(C)[C@@H](NC(=O)OC(C)(C)C)C(=O)NCCCCc1ccccc1. The van der Waals surface area contributed by atoms with Crippen molar-refractivity contribution in [2.45, 2.75) is 65.5 Å². The Morgan fingerprint density at radius 2 is 1.72 bits per heavy atom. The van der Waals surface area contributed by atoms with Crippen LogP contribution in [0.15, 0.2) is 30.3 Å². The number of hydrogen-bond donors (Lipinski definition) is 2. The monoisotopic (exact) mass is 348 g/mol. The highest BCUT2D eigenvalue weighted by atomic mass is 16.6. The van der Waals surface area contributed by atoms with Crippen LogP contribution in [0.3, 0.4) is 0 Å². The van der Waals surface area contributed by atoms with Crippen molar-refractivity contribution >= 4 is 12.0 Å². The van der Waals surface area contributed by atoms with Crippen LogP contribution in [0, 0.1) is 5.92 Å². The minimum Gasteiger partial charge on any atom is -0.444 e. The van der Waals surface area contributed by atoms with Crippen molar-refractivity contribution in [2.75, 3.05) is 6.54 Å². The molecule has 0 unspecified atom stereocenters. The summed E-state index contributed by atoms with van der Waals surface area (Å²) >= 11 is 0. The number of benzene rings is 1. The number of carbonyl (C=O) groups excluding carboxylic acids is 2. The van der Waals surface area contributed by atoms with Gasteiger partial charge in [-0.15, -0.1) is 0 Å². The van der Waals surface area contributed by atoms with Crippen molar-refractivity contribution < 1.29 is 14.3 Å². The zero-order valence-corrected chi connectivity index (χ0v) is 16.1. The van der Waals surface area contributed by atoms with Gasteiger partial charge >= 0.3 is 6.09 Å². The molecule has 1 aromatic carbocycles. The maximum Gasteiger partial charge on any atom is 0.408 e. The summed E-state index contributed by atoms with van der Waals surface area (Å²) in [5.74, 6) is -0.183. The highest BCUT2D eigenvalue weighted by Gasteiger charge is 2.26. The van der Waals surface area contributed by atoms with Gasteiger partial charge in [0.2, 0.25) is 5.91 Å². The van der Waals surface area contributed by atoms with Crippen LogP contribution >= 0.6 is 0 Å². The van der Waals surface area contributed by atoms with Crippen molar-refractivity contribution in [1.82, 2.24) is 10.6 Å². The zero-order valence-electron chi connectivity index (χ0n) is 16.1. The first kappa shape index (κ1) is 21.0. The minimum absolute atomic E-state index is 0.0168. The summed E-state index contributed by atoms with van der Waals surface area (Å²) in [7, 11) is 0. The number of amides is 2. The van der Waals surface area contributed by atoms with E-state index in [4.69, 9.17) is 4.74 Å². The third-order valence-electron chi connectivity index (χ3n) is 3.66. The van der Waals surface area contributed by atoms with Crippen molar-refractivity contribution in [1.29, 1.82) is 0 Å². The van der Waals surface area contributed by atoms with E-state index >= 15 is 0 Å². The number of alkyl carbamates (subject to hydrolysis) is 1. The molecule has 0 saturated heterocycles. The maximum absolute atomic E-state index is 12.3. The number of rotatable bonds is 8. The third-order valence-corrected chi connectivity index (χ3v) is 3.66. The molecule has 0 aliphatic rings. The molecule has 0 spiro atoms. The lowest BCUT2D eigenvalue weighted by Gasteiger charge is -2.25. The molecule has 0 aliphatic heterocycles. The van der Waals surface area contributed by atoms with Crippen LogP contribution in [-0.2, 0) is 16.0 Å². The Kier molecular flexibility index (Phi) is 8.46. The van der Waals surface area contributed by atoms with E-state index in [0.717, 1.165) is 19.3 Å². The van der Waals surface area contributed by atoms with E-state index in [2.05, 4.69) is 22.8 Å². The Balaban J connectivity index is 2.34. The second-order valence-corrected chi connectivity index (χ2v) is 7.60. The Bertz CT molecular complexity index is 536. The van der Waals surface area contributed by atoms with Gasteiger partial charge in [-0.3, -0.25) is 4.79 Å². The first-order chi connectivity index (χ1) is 11.7. The van der Waals surface area contributed by atoms with Gasteiger partial charge in [0.15, 0.2) is 0 Å². The second-order valence-electron chi connectivity index (χ2n) is 7.60. The van der Waals surface area contributed by atoms with Crippen LogP contribution < -0.4 is 10.6 Å². The van der Waals surface area contributed by atoms with Gasteiger partial charge in [-0.2, -0.15) is 0 Å². The van der Waals surface area contributed by atoms with Crippen LogP contribution in [0.25, 0.3) is 0 Å². The lowest BCUT2D eigenvalue weighted by Crippen LogP contribution is -2.51. The van der Waals surface area contributed by atoms with E-state index in [1.165, 1.54) is 5.56 Å². The van der Waals surface area contributed by atoms with Crippen LogP contribution in [0.1, 0.15) is 53.0 Å². The molecule has 0 aromatic heterocycles. The molecule has 0 radical (unpaired) electrons. The average Bonchev–Trinajstić information content (AvgIpc) is 2.51. The molecule has 0 aliphatic carbocycles. The van der Waals surface area contributed by atoms with Gasteiger partial charge in [0.25, 0.3) is 0 Å². The average molecular weight is 348 g/mol. The van der Waals surface area contributed by atoms with E-state index < -0.39 is 17.7 Å². The standard InChI is InChI=1S/C20H32N2O3/c1-15(2)17(22-19(24)25-20(3,4)5)18(23)21-14-10-9-13-16-11-7-6-8-12-16/h6-8,11-12,15,17H,9-10,13-14H2,1-5H3,(H,21,23)(H,22,24)/t17-/m1/s1. The molecule has 0 heterocycles. The fraction of sp³-hybridized carbons (Fsp3) is 0.600. The number of aryl methyl sites for hydroxylation is 1. The van der Waals surface area contributed by atoms with Gasteiger partial charge in [0, 0.05) is 6.54 Å². The lowest BCUT2D eigenvalue weighted by atomic mass is 10.0. The smallest absolute Gasteiger partial charge is 0.408 e. The van der Waals surface area contributed by atoms with E-state index in [-0.39, 0.29) is 11.8 Å². The third kappa shape index (κ3) is 9.13. The molecule has 1 rings (SSSR count). The molecule has 5 nitrogen and oxygen atoms in total. The quantitative estimate of drug-likeness (QED) is 0.704. The Hall–Kier alpha value is -2.04. The van der Waals surface area contributed by atoms with Crippen LogP contribution in [0.2, 0.25) is 0 Å². The van der Waals surface area contributed by atoms with Crippen LogP contribution in [0.5, 0.6) is 0 Å². The van der Waals surface area contributed by atoms with E-state index in [9.17, 15) is 9.59 Å². The van der Waals surface area contributed by atoms with Gasteiger partial charge in [0.1, 0.15) is 11.6 Å². The predicted molar refractivity (Wildman–Crippen MR) is 100 cm³/mol. The molecule has 2 amide bonds. The van der Waals surface area contributed by atoms with Crippen LogP contribution in [0.4, 0.5) is 4.79 Å². The summed E-state index contributed by atoms with van der Waals surface area (Å²) in [5, 5.41) is 5.58. The summed E-state index contributed by atoms with van der Waals surface area (Å²) in [6.07, 6.45) is 2.35. The Labute approximate surface area is 151 Å². The summed E-state index contributed by atoms with van der Waals surface area (Å²) in [6, 6.07) is 9.70. The molecule has 2 N–H and O–H groups in total. The summed E-state index contributed by atoms with van der Waals surface area (Å²) in [6.45, 7) is 9.79. The van der Waals surface area contributed by atoms with E-state index in [0.29, 0.717) is 6.54 Å². The molecule has 0 fully saturated rings. The van der Waals surface area contributed by atoms with E-state index in [1.807, 2.05) is 32.0 Å². The maximum atomic E-state index is 12.3. The molecule has 0 saturated carbocycles. The molecule has 5 heteroatoms. The molecule has 140 valence electrons. The summed E-state index contributed by atoms with van der Waals surface area (Å²) < 4.78 is 5.23. The van der Waals surface area contributed by atoms with Gasteiger partial charge < -0.3 is 15.4 Å². The van der Waals surface area contributed by atoms with Crippen molar-refractivity contribution in [3.8, 4) is 0 Å². The molecule has 0 bridgehead atoms. The van der Waals surface area contributed by atoms with Crippen LogP contribution in [-0.4, -0.2) is 30.2 Å². The molecular weight excluding hydrogens is 316 g/mol. The second kappa shape index (κ2) is 10.1. The summed E-state index contributed by atoms with van der Waals surface area (Å²) in [5.41, 5.74) is 0.722. The molecule has 1 atom stereocenters. The normalized spacial score (nSPS) is 12.6. The first-order valence-electron chi connectivity index (χ1n) is 9.00. The van der Waals surface area contributed by atoms with Gasteiger partial charge in [-0.1, -0.05) is 44.2 Å². The van der Waals surface area contributed by atoms with Gasteiger partial charge in [-0.05, 0) is 51.5 Å². The lowest BCUT2D eigenvalue weighted by molar-refractivity contribution is -0.124. The fourth-order valence-corrected chi connectivity index (χ4v) is 2.39. The number of carbonyl (C=O) groups is 2. The summed E-state index contributed by atoms with van der Waals surface area (Å²) in [4.78, 5) is 24.2. The Morgan fingerprint density at radius 1 is 1.08 bits per heavy atom. The van der Waals surface area contributed by atoms with Gasteiger partial charge in [-0.25, -0.2) is 4.79 Å². The predicted octanol–water partition coefficient (Wildman–Crippen LogP) is 3.67. The Morgan fingerprint density at radius 3 is 2.28 bits per heavy atom. The van der Waals surface area contributed by atoms with Gasteiger partial charge in [0.05, 0.1) is 0 Å². The largest absolute Gasteiger partial charge is 0.444 e. The number of hydrogen-bond acceptors (Lipinski definition) is 3. The first-order valence-corrected chi connectivity index (χ1v) is 9.00. The van der Waals surface area contributed by atoms with Crippen molar-refractivity contribution in [3.05, 3.63) is 35.9 Å². The number of ether oxygens (including phenoxy) is 1.